The number of alkyl carbamates (subject to hydrolysis) is 1. The van der Waals surface area contributed by atoms with E-state index < -0.39 is 67.1 Å². The quantitative estimate of drug-likeness (QED) is 0.112. The number of likely N-dealkylation sites (N-methyl/N-ethyl adjacent to an activating group) is 1. The number of pyridine rings is 1. The van der Waals surface area contributed by atoms with Crippen LogP contribution in [0.25, 0.3) is 22.2 Å². The van der Waals surface area contributed by atoms with Crippen LogP contribution in [0.3, 0.4) is 0 Å². The van der Waals surface area contributed by atoms with Crippen LogP contribution in [0.15, 0.2) is 89.8 Å². The van der Waals surface area contributed by atoms with E-state index in [1.54, 1.807) is 59.2 Å². The van der Waals surface area contributed by atoms with E-state index in [4.69, 9.17) is 19.2 Å². The van der Waals surface area contributed by atoms with Crippen LogP contribution in [0, 0.1) is 0 Å². The number of hydrogen-bond donors (Lipinski definition) is 4. The van der Waals surface area contributed by atoms with Gasteiger partial charge in [0.2, 0.25) is 11.8 Å². The summed E-state index contributed by atoms with van der Waals surface area (Å²) in [5.74, 6) is -1.13. The molecule has 4 N–H and O–H groups in total. The second kappa shape index (κ2) is 16.8. The molecule has 17 heteroatoms. The van der Waals surface area contributed by atoms with Crippen molar-refractivity contribution in [3.05, 3.63) is 84.9 Å². The van der Waals surface area contributed by atoms with Gasteiger partial charge in [0.1, 0.15) is 40.8 Å². The topological polar surface area (TPSA) is 194 Å². The third kappa shape index (κ3) is 9.59. The number of likely N-dealkylation sites (tertiary alicyclic amines) is 1. The Hall–Kier alpha value is -5.01. The minimum Gasteiger partial charge on any atom is -0.497 e. The van der Waals surface area contributed by atoms with Crippen LogP contribution < -0.4 is 30.1 Å². The Labute approximate surface area is 344 Å². The van der Waals surface area contributed by atoms with Crippen LogP contribution in [0.5, 0.6) is 11.5 Å². The highest BCUT2D eigenvalue weighted by atomic mass is 127. The van der Waals surface area contributed by atoms with Crippen LogP contribution in [-0.2, 0) is 29.1 Å². The first-order chi connectivity index (χ1) is 27.0. The SMILES string of the molecule is CNC[C@H](NC(=O)OC(C)(C)C)C(=O)N1C[C@H](Oc2cc(-c3ccccc3)nc3cc(OC)ccc23)C[C@H]1C(=O)N[C@]1(C(=O)NS(=O)(=O)c2ccccc2)CC1I. The molecule has 2 aliphatic rings. The summed E-state index contributed by atoms with van der Waals surface area (Å²) in [5.41, 5.74) is -0.335. The maximum Gasteiger partial charge on any atom is 0.408 e. The fraction of sp³-hybridized carbons (Fsp3) is 0.375. The number of fused-ring (bicyclic) bond motifs is 1. The third-order valence-corrected chi connectivity index (χ3v) is 12.3. The molecule has 5 atom stereocenters. The van der Waals surface area contributed by atoms with Gasteiger partial charge in [-0.3, -0.25) is 14.4 Å². The number of carbonyl (C=O) groups is 4. The fourth-order valence-corrected chi connectivity index (χ4v) is 8.78. The second-order valence-electron chi connectivity index (χ2n) is 14.9. The molecule has 6 rings (SSSR count). The van der Waals surface area contributed by atoms with Crippen LogP contribution in [0.2, 0.25) is 0 Å². The lowest BCUT2D eigenvalue weighted by Crippen LogP contribution is -2.59. The zero-order chi connectivity index (χ0) is 41.1. The maximum absolute atomic E-state index is 14.4. The molecular formula is C40H45IN6O9S. The number of nitrogens with zero attached hydrogens (tertiary/aromatic N) is 2. The molecule has 302 valence electrons. The molecule has 1 aromatic heterocycles. The van der Waals surface area contributed by atoms with Crippen LogP contribution in [-0.4, -0.2) is 103 Å². The van der Waals surface area contributed by atoms with Crippen molar-refractivity contribution in [2.75, 3.05) is 27.2 Å². The zero-order valence-corrected chi connectivity index (χ0v) is 35.0. The number of carbonyl (C=O) groups excluding carboxylic acids is 4. The highest BCUT2D eigenvalue weighted by molar-refractivity contribution is 14.1. The van der Waals surface area contributed by atoms with E-state index in [0.717, 1.165) is 5.56 Å². The second-order valence-corrected chi connectivity index (χ2v) is 18.1. The number of ether oxygens (including phenoxy) is 3. The van der Waals surface area contributed by atoms with Crippen molar-refractivity contribution in [3.8, 4) is 22.8 Å². The van der Waals surface area contributed by atoms with Gasteiger partial charge in [-0.25, -0.2) is 22.9 Å². The molecule has 1 aliphatic carbocycles. The number of sulfonamides is 1. The van der Waals surface area contributed by atoms with Gasteiger partial charge in [-0.15, -0.1) is 0 Å². The minimum absolute atomic E-state index is 0.00283. The van der Waals surface area contributed by atoms with Gasteiger partial charge in [0.05, 0.1) is 29.8 Å². The summed E-state index contributed by atoms with van der Waals surface area (Å²) in [5, 5.41) is 9.00. The number of hydrogen-bond acceptors (Lipinski definition) is 11. The molecule has 1 saturated carbocycles. The Bertz CT molecular complexity index is 2260. The van der Waals surface area contributed by atoms with Crippen molar-refractivity contribution in [3.63, 3.8) is 0 Å². The minimum atomic E-state index is -4.25. The van der Waals surface area contributed by atoms with Gasteiger partial charge in [-0.05, 0) is 58.5 Å². The molecule has 0 radical (unpaired) electrons. The van der Waals surface area contributed by atoms with Crippen LogP contribution in [0.1, 0.15) is 33.6 Å². The van der Waals surface area contributed by atoms with Gasteiger partial charge in [0.25, 0.3) is 15.9 Å². The lowest BCUT2D eigenvalue weighted by molar-refractivity contribution is -0.141. The summed E-state index contributed by atoms with van der Waals surface area (Å²) in [4.78, 5) is 61.4. The van der Waals surface area contributed by atoms with Crippen molar-refractivity contribution in [2.24, 2.45) is 0 Å². The largest absolute Gasteiger partial charge is 0.497 e. The average Bonchev–Trinajstić information content (AvgIpc) is 3.63. The molecule has 2 fully saturated rings. The number of methoxy groups -OCH3 is 1. The highest BCUT2D eigenvalue weighted by Gasteiger charge is 2.62. The smallest absolute Gasteiger partial charge is 0.408 e. The van der Waals surface area contributed by atoms with E-state index in [1.807, 2.05) is 59.0 Å². The Balaban J connectivity index is 1.31. The number of amides is 4. The molecule has 57 heavy (non-hydrogen) atoms. The molecular weight excluding hydrogens is 867 g/mol. The van der Waals surface area contributed by atoms with E-state index >= 15 is 0 Å². The first kappa shape index (κ1) is 41.6. The molecule has 0 bridgehead atoms. The average molecular weight is 913 g/mol. The summed E-state index contributed by atoms with van der Waals surface area (Å²) in [6, 6.07) is 21.8. The Morgan fingerprint density at radius 2 is 1.67 bits per heavy atom. The van der Waals surface area contributed by atoms with Gasteiger partial charge < -0.3 is 35.1 Å². The third-order valence-electron chi connectivity index (χ3n) is 9.50. The molecule has 15 nitrogen and oxygen atoms in total. The molecule has 0 spiro atoms. The van der Waals surface area contributed by atoms with E-state index in [-0.39, 0.29) is 30.8 Å². The van der Waals surface area contributed by atoms with E-state index in [1.165, 1.54) is 29.2 Å². The molecule has 3 aromatic carbocycles. The van der Waals surface area contributed by atoms with Crippen molar-refractivity contribution in [1.29, 1.82) is 0 Å². The first-order valence-electron chi connectivity index (χ1n) is 18.3. The predicted molar refractivity (Wildman–Crippen MR) is 220 cm³/mol. The van der Waals surface area contributed by atoms with Crippen LogP contribution in [0.4, 0.5) is 4.79 Å². The Morgan fingerprint density at radius 3 is 2.28 bits per heavy atom. The van der Waals surface area contributed by atoms with E-state index in [0.29, 0.717) is 28.1 Å². The van der Waals surface area contributed by atoms with Gasteiger partial charge in [-0.2, -0.15) is 0 Å². The number of nitrogens with one attached hydrogen (secondary N) is 4. The Kier molecular flexibility index (Phi) is 12.3. The molecule has 2 heterocycles. The molecule has 1 unspecified atom stereocenters. The Morgan fingerprint density at radius 1 is 1.00 bits per heavy atom. The van der Waals surface area contributed by atoms with Gasteiger partial charge in [0.15, 0.2) is 0 Å². The molecule has 1 aliphatic heterocycles. The van der Waals surface area contributed by atoms with Gasteiger partial charge >= 0.3 is 6.09 Å². The van der Waals surface area contributed by atoms with Crippen molar-refractivity contribution in [2.45, 2.75) is 71.8 Å². The standard InChI is InChI=1S/C40H45IN6O9S/c1-39(2,3)56-38(51)44-31(22-42-4)36(49)47-23-26(55-33-20-29(24-12-8-6-9-13-24)43-30-18-25(54-5)16-17-28(30)33)19-32(47)35(48)45-40(21-34(40)41)37(50)46-57(52,53)27-14-10-7-11-15-27/h6-18,20,26,31-32,34,42H,19,21-23H2,1-5H3,(H,44,51)(H,45,48)(H,46,50)/t26-,31+,32+,34?,40-/m1/s1. The number of rotatable bonds is 13. The summed E-state index contributed by atoms with van der Waals surface area (Å²) >= 11 is 1.99. The molecule has 1 saturated heterocycles. The van der Waals surface area contributed by atoms with Gasteiger partial charge in [0, 0.05) is 40.0 Å². The number of alkyl halides is 1. The summed E-state index contributed by atoms with van der Waals surface area (Å²) in [6.07, 6.45) is -1.40. The first-order valence-corrected chi connectivity index (χ1v) is 21.0. The zero-order valence-electron chi connectivity index (χ0n) is 32.1. The number of benzene rings is 3. The predicted octanol–water partition coefficient (Wildman–Crippen LogP) is 3.94. The maximum atomic E-state index is 14.4. The van der Waals surface area contributed by atoms with Gasteiger partial charge in [-0.1, -0.05) is 71.1 Å². The molecule has 4 amide bonds. The fourth-order valence-electron chi connectivity index (χ4n) is 6.59. The number of halogens is 1. The molecule has 4 aromatic rings. The van der Waals surface area contributed by atoms with E-state index in [9.17, 15) is 27.6 Å². The highest BCUT2D eigenvalue weighted by Crippen LogP contribution is 2.44. The normalized spacial score (nSPS) is 20.9. The summed E-state index contributed by atoms with van der Waals surface area (Å²) in [7, 11) is -1.07. The summed E-state index contributed by atoms with van der Waals surface area (Å²) < 4.78 is 45.4. The number of aromatic nitrogens is 1. The van der Waals surface area contributed by atoms with Crippen molar-refractivity contribution in [1.82, 2.24) is 30.6 Å². The van der Waals surface area contributed by atoms with E-state index in [2.05, 4.69) is 20.7 Å². The summed E-state index contributed by atoms with van der Waals surface area (Å²) in [6.45, 7) is 5.03. The van der Waals surface area contributed by atoms with Crippen molar-refractivity contribution >= 4 is 67.3 Å². The monoisotopic (exact) mass is 912 g/mol. The lowest BCUT2D eigenvalue weighted by Gasteiger charge is -2.30. The lowest BCUT2D eigenvalue weighted by atomic mass is 10.1. The van der Waals surface area contributed by atoms with Crippen molar-refractivity contribution < 1.29 is 41.8 Å². The van der Waals surface area contributed by atoms with Crippen LogP contribution >= 0.6 is 22.6 Å².